The lowest BCUT2D eigenvalue weighted by molar-refractivity contribution is -0.384. The first-order valence-corrected chi connectivity index (χ1v) is 10.7. The molecule has 3 rings (SSSR count). The van der Waals surface area contributed by atoms with Crippen LogP contribution in [0.5, 0.6) is 0 Å². The molecular formula is C19H19ClN4O3S2. The standard InChI is InChI=1S/C19H19ClN4O3S2/c20-14-1-7-17(8-2-14)29-13-18(25)21-19(28)23-11-9-22(10-12-23)15-3-5-16(6-4-15)24(26)27/h1-8H,9-13H2,(H,21,25,28). The lowest BCUT2D eigenvalue weighted by Gasteiger charge is -2.37. The number of benzene rings is 2. The Morgan fingerprint density at radius 3 is 2.31 bits per heavy atom. The van der Waals surface area contributed by atoms with Gasteiger partial charge in [0, 0.05) is 53.9 Å². The van der Waals surface area contributed by atoms with E-state index >= 15 is 0 Å². The van der Waals surface area contributed by atoms with Crippen LogP contribution in [0.3, 0.4) is 0 Å². The number of nitrogens with zero attached hydrogens (tertiary/aromatic N) is 3. The van der Waals surface area contributed by atoms with Crippen molar-refractivity contribution in [3.8, 4) is 0 Å². The molecule has 1 heterocycles. The summed E-state index contributed by atoms with van der Waals surface area (Å²) in [7, 11) is 0. The Balaban J connectivity index is 1.43. The quantitative estimate of drug-likeness (QED) is 0.323. The van der Waals surface area contributed by atoms with Crippen LogP contribution in [-0.4, -0.2) is 52.8 Å². The molecule has 0 aliphatic carbocycles. The molecule has 2 aromatic carbocycles. The van der Waals surface area contributed by atoms with Crippen molar-refractivity contribution in [2.24, 2.45) is 0 Å². The minimum atomic E-state index is -0.409. The predicted molar refractivity (Wildman–Crippen MR) is 120 cm³/mol. The molecule has 1 aliphatic rings. The van der Waals surface area contributed by atoms with Crippen molar-refractivity contribution in [2.75, 3.05) is 36.8 Å². The molecule has 0 bridgehead atoms. The first-order valence-electron chi connectivity index (χ1n) is 8.89. The lowest BCUT2D eigenvalue weighted by Crippen LogP contribution is -2.53. The molecule has 1 N–H and O–H groups in total. The van der Waals surface area contributed by atoms with Gasteiger partial charge in [-0.2, -0.15) is 0 Å². The van der Waals surface area contributed by atoms with Gasteiger partial charge in [0.05, 0.1) is 10.7 Å². The molecule has 1 amide bonds. The minimum Gasteiger partial charge on any atom is -0.368 e. The largest absolute Gasteiger partial charge is 0.368 e. The first kappa shape index (κ1) is 21.4. The summed E-state index contributed by atoms with van der Waals surface area (Å²) in [5, 5.41) is 14.6. The summed E-state index contributed by atoms with van der Waals surface area (Å²) in [6, 6.07) is 13.8. The summed E-state index contributed by atoms with van der Waals surface area (Å²) in [6.07, 6.45) is 0. The number of rotatable bonds is 5. The van der Waals surface area contributed by atoms with Crippen molar-refractivity contribution in [2.45, 2.75) is 4.90 Å². The van der Waals surface area contributed by atoms with Crippen molar-refractivity contribution in [1.82, 2.24) is 10.2 Å². The molecule has 0 radical (unpaired) electrons. The average Bonchev–Trinajstić information content (AvgIpc) is 2.73. The Morgan fingerprint density at radius 2 is 1.72 bits per heavy atom. The Labute approximate surface area is 183 Å². The monoisotopic (exact) mass is 450 g/mol. The van der Waals surface area contributed by atoms with Gasteiger partial charge in [0.15, 0.2) is 5.11 Å². The van der Waals surface area contributed by atoms with E-state index in [9.17, 15) is 14.9 Å². The van der Waals surface area contributed by atoms with Gasteiger partial charge in [0.1, 0.15) is 0 Å². The molecule has 0 saturated carbocycles. The molecule has 0 aromatic heterocycles. The second-order valence-electron chi connectivity index (χ2n) is 6.34. The van der Waals surface area contributed by atoms with Crippen LogP contribution in [0.25, 0.3) is 0 Å². The third-order valence-electron chi connectivity index (χ3n) is 4.42. The first-order chi connectivity index (χ1) is 13.9. The van der Waals surface area contributed by atoms with Crippen LogP contribution in [-0.2, 0) is 4.79 Å². The van der Waals surface area contributed by atoms with E-state index < -0.39 is 4.92 Å². The summed E-state index contributed by atoms with van der Waals surface area (Å²) in [4.78, 5) is 27.6. The van der Waals surface area contributed by atoms with Gasteiger partial charge in [-0.15, -0.1) is 11.8 Å². The third-order valence-corrected chi connectivity index (χ3v) is 6.05. The molecule has 29 heavy (non-hydrogen) atoms. The average molecular weight is 451 g/mol. The summed E-state index contributed by atoms with van der Waals surface area (Å²) in [5.74, 6) is 0.123. The number of nitrogens with one attached hydrogen (secondary N) is 1. The number of hydrogen-bond donors (Lipinski definition) is 1. The molecule has 0 unspecified atom stereocenters. The van der Waals surface area contributed by atoms with Crippen LogP contribution in [0.2, 0.25) is 5.02 Å². The highest BCUT2D eigenvalue weighted by Gasteiger charge is 2.20. The molecule has 0 spiro atoms. The van der Waals surface area contributed by atoms with Crippen LogP contribution in [0.1, 0.15) is 0 Å². The molecule has 1 fully saturated rings. The highest BCUT2D eigenvalue weighted by molar-refractivity contribution is 8.00. The number of thiocarbonyl (C=S) groups is 1. The molecule has 1 aliphatic heterocycles. The molecule has 152 valence electrons. The van der Waals surface area contributed by atoms with E-state index in [1.807, 2.05) is 17.0 Å². The molecule has 0 atom stereocenters. The fraction of sp³-hybridized carbons (Fsp3) is 0.263. The van der Waals surface area contributed by atoms with Crippen molar-refractivity contribution < 1.29 is 9.72 Å². The normalized spacial score (nSPS) is 13.8. The highest BCUT2D eigenvalue weighted by Crippen LogP contribution is 2.21. The summed E-state index contributed by atoms with van der Waals surface area (Å²) < 4.78 is 0. The molecule has 2 aromatic rings. The van der Waals surface area contributed by atoms with Gasteiger partial charge in [-0.05, 0) is 48.6 Å². The zero-order chi connectivity index (χ0) is 20.8. The predicted octanol–water partition coefficient (Wildman–Crippen LogP) is 3.56. The van der Waals surface area contributed by atoms with E-state index in [1.54, 1.807) is 24.3 Å². The van der Waals surface area contributed by atoms with E-state index in [0.717, 1.165) is 10.6 Å². The fourth-order valence-corrected chi connectivity index (χ4v) is 3.99. The zero-order valence-electron chi connectivity index (χ0n) is 15.4. The molecule has 10 heteroatoms. The smallest absolute Gasteiger partial charge is 0.269 e. The molecule has 7 nitrogen and oxygen atoms in total. The number of nitro groups is 1. The minimum absolute atomic E-state index is 0.0766. The zero-order valence-corrected chi connectivity index (χ0v) is 17.8. The van der Waals surface area contributed by atoms with Crippen molar-refractivity contribution >= 4 is 58.0 Å². The summed E-state index contributed by atoms with van der Waals surface area (Å²) in [5.41, 5.74) is 1.01. The van der Waals surface area contributed by atoms with E-state index in [2.05, 4.69) is 10.2 Å². The van der Waals surface area contributed by atoms with Crippen LogP contribution >= 0.6 is 35.6 Å². The van der Waals surface area contributed by atoms with Crippen molar-refractivity contribution in [1.29, 1.82) is 0 Å². The second-order valence-corrected chi connectivity index (χ2v) is 8.22. The number of non-ortho nitro benzene ring substituents is 1. The summed E-state index contributed by atoms with van der Waals surface area (Å²) in [6.45, 7) is 2.77. The fourth-order valence-electron chi connectivity index (χ4n) is 2.87. The number of hydrogen-bond acceptors (Lipinski definition) is 6. The third kappa shape index (κ3) is 6.06. The maximum atomic E-state index is 12.2. The number of carbonyl (C=O) groups is 1. The van der Waals surface area contributed by atoms with E-state index in [4.69, 9.17) is 23.8 Å². The highest BCUT2D eigenvalue weighted by atomic mass is 35.5. The van der Waals surface area contributed by atoms with Crippen LogP contribution in [0.15, 0.2) is 53.4 Å². The lowest BCUT2D eigenvalue weighted by atomic mass is 10.2. The van der Waals surface area contributed by atoms with Crippen LogP contribution in [0.4, 0.5) is 11.4 Å². The Bertz CT molecular complexity index is 885. The second kappa shape index (κ2) is 9.91. The van der Waals surface area contributed by atoms with Gasteiger partial charge < -0.3 is 15.1 Å². The number of carbonyl (C=O) groups excluding carboxylic acids is 1. The van der Waals surface area contributed by atoms with Gasteiger partial charge >= 0.3 is 0 Å². The Kier molecular flexibility index (Phi) is 7.29. The van der Waals surface area contributed by atoms with Crippen LogP contribution < -0.4 is 10.2 Å². The van der Waals surface area contributed by atoms with Crippen LogP contribution in [0, 0.1) is 10.1 Å². The number of anilines is 1. The number of nitro benzene ring substituents is 1. The Hall–Kier alpha value is -2.36. The van der Waals surface area contributed by atoms with E-state index in [-0.39, 0.29) is 17.3 Å². The number of thioether (sulfide) groups is 1. The maximum absolute atomic E-state index is 12.2. The van der Waals surface area contributed by atoms with Gasteiger partial charge in [-0.3, -0.25) is 14.9 Å². The number of halogens is 1. The Morgan fingerprint density at radius 1 is 1.10 bits per heavy atom. The number of piperazine rings is 1. The number of amides is 1. The summed E-state index contributed by atoms with van der Waals surface area (Å²) >= 11 is 12.7. The SMILES string of the molecule is O=C(CSc1ccc(Cl)cc1)NC(=S)N1CCN(c2ccc([N+](=O)[O-])cc2)CC1. The van der Waals surface area contributed by atoms with Crippen molar-refractivity contribution in [3.05, 3.63) is 63.7 Å². The van der Waals surface area contributed by atoms with Gasteiger partial charge in [0.25, 0.3) is 5.69 Å². The van der Waals surface area contributed by atoms with Gasteiger partial charge in [-0.1, -0.05) is 11.6 Å². The topological polar surface area (TPSA) is 78.7 Å². The maximum Gasteiger partial charge on any atom is 0.269 e. The molecule has 1 saturated heterocycles. The van der Waals surface area contributed by atoms with Crippen molar-refractivity contribution in [3.63, 3.8) is 0 Å². The van der Waals surface area contributed by atoms with Gasteiger partial charge in [-0.25, -0.2) is 0 Å². The molecular weight excluding hydrogens is 432 g/mol. The van der Waals surface area contributed by atoms with E-state index in [1.165, 1.54) is 23.9 Å². The van der Waals surface area contributed by atoms with Gasteiger partial charge in [0.2, 0.25) is 5.91 Å². The van der Waals surface area contributed by atoms with E-state index in [0.29, 0.717) is 36.3 Å².